The molecule has 86 valence electrons. The van der Waals surface area contributed by atoms with Crippen molar-refractivity contribution in [1.82, 2.24) is 5.32 Å². The maximum absolute atomic E-state index is 11.9. The average molecular weight is 219 g/mol. The minimum Gasteiger partial charge on any atom is -0.496 e. The highest BCUT2D eigenvalue weighted by molar-refractivity contribution is 5.85. The van der Waals surface area contributed by atoms with E-state index in [9.17, 15) is 4.79 Å². The van der Waals surface area contributed by atoms with E-state index < -0.39 is 0 Å². The van der Waals surface area contributed by atoms with Gasteiger partial charge in [-0.25, -0.2) is 0 Å². The molecule has 0 atom stereocenters. The zero-order valence-corrected chi connectivity index (χ0v) is 9.75. The maximum Gasteiger partial charge on any atom is 0.143 e. The van der Waals surface area contributed by atoms with Gasteiger partial charge in [-0.15, -0.1) is 0 Å². The highest BCUT2D eigenvalue weighted by atomic mass is 16.5. The Morgan fingerprint density at radius 3 is 2.81 bits per heavy atom. The van der Waals surface area contributed by atoms with E-state index in [4.69, 9.17) is 4.74 Å². The van der Waals surface area contributed by atoms with Crippen molar-refractivity contribution in [1.29, 1.82) is 0 Å². The van der Waals surface area contributed by atoms with Crippen LogP contribution in [0.15, 0.2) is 18.2 Å². The molecule has 16 heavy (non-hydrogen) atoms. The van der Waals surface area contributed by atoms with E-state index >= 15 is 0 Å². The number of nitrogens with one attached hydrogen (secondary N) is 1. The van der Waals surface area contributed by atoms with Crippen LogP contribution >= 0.6 is 0 Å². The number of hydrogen-bond donors (Lipinski definition) is 1. The van der Waals surface area contributed by atoms with Crippen LogP contribution in [0.2, 0.25) is 0 Å². The first-order valence-electron chi connectivity index (χ1n) is 5.57. The van der Waals surface area contributed by atoms with Crippen molar-refractivity contribution in [3.63, 3.8) is 0 Å². The first-order valence-corrected chi connectivity index (χ1v) is 5.57. The summed E-state index contributed by atoms with van der Waals surface area (Å²) in [6, 6.07) is 5.96. The van der Waals surface area contributed by atoms with Gasteiger partial charge in [0, 0.05) is 31.0 Å². The van der Waals surface area contributed by atoms with Crippen molar-refractivity contribution < 1.29 is 9.53 Å². The number of aryl methyl sites for hydroxylation is 1. The van der Waals surface area contributed by atoms with Gasteiger partial charge in [-0.3, -0.25) is 4.79 Å². The molecular weight excluding hydrogens is 202 g/mol. The van der Waals surface area contributed by atoms with Gasteiger partial charge in [-0.2, -0.15) is 0 Å². The van der Waals surface area contributed by atoms with Gasteiger partial charge >= 0.3 is 0 Å². The van der Waals surface area contributed by atoms with Gasteiger partial charge in [0.25, 0.3) is 0 Å². The van der Waals surface area contributed by atoms with Crippen LogP contribution in [-0.2, 0) is 11.2 Å². The average Bonchev–Trinajstić information content (AvgIpc) is 2.15. The molecule has 1 heterocycles. The normalized spacial score (nSPS) is 15.6. The largest absolute Gasteiger partial charge is 0.496 e. The highest BCUT2D eigenvalue weighted by Gasteiger charge is 2.25. The van der Waals surface area contributed by atoms with E-state index in [1.807, 2.05) is 25.1 Å². The molecule has 0 spiro atoms. The SMILES string of the molecule is COc1ccc(C)cc1CC(=O)C1CNC1. The lowest BCUT2D eigenvalue weighted by Gasteiger charge is -2.25. The quantitative estimate of drug-likeness (QED) is 0.830. The Morgan fingerprint density at radius 2 is 2.25 bits per heavy atom. The second kappa shape index (κ2) is 4.66. The number of carbonyl (C=O) groups excluding carboxylic acids is 1. The zero-order chi connectivity index (χ0) is 11.5. The van der Waals surface area contributed by atoms with Gasteiger partial charge in [-0.1, -0.05) is 17.7 Å². The van der Waals surface area contributed by atoms with Gasteiger partial charge in [0.2, 0.25) is 0 Å². The van der Waals surface area contributed by atoms with Crippen LogP contribution in [0.25, 0.3) is 0 Å². The Morgan fingerprint density at radius 1 is 1.50 bits per heavy atom. The van der Waals surface area contributed by atoms with Crippen LogP contribution in [0, 0.1) is 12.8 Å². The lowest BCUT2D eigenvalue weighted by Crippen LogP contribution is -2.47. The molecule has 0 aromatic heterocycles. The Kier molecular flexibility index (Phi) is 3.25. The molecule has 1 saturated heterocycles. The number of carbonyl (C=O) groups is 1. The molecule has 1 N–H and O–H groups in total. The van der Waals surface area contributed by atoms with E-state index in [0.29, 0.717) is 12.2 Å². The summed E-state index contributed by atoms with van der Waals surface area (Å²) < 4.78 is 5.26. The van der Waals surface area contributed by atoms with Crippen LogP contribution in [0.3, 0.4) is 0 Å². The van der Waals surface area contributed by atoms with Crippen LogP contribution in [0.1, 0.15) is 11.1 Å². The lowest BCUT2D eigenvalue weighted by atomic mass is 9.92. The maximum atomic E-state index is 11.9. The highest BCUT2D eigenvalue weighted by Crippen LogP contribution is 2.22. The predicted octanol–water partition coefficient (Wildman–Crippen LogP) is 1.33. The zero-order valence-electron chi connectivity index (χ0n) is 9.75. The number of Topliss-reactive ketones (excluding diaryl/α,β-unsaturated/α-hetero) is 1. The van der Waals surface area contributed by atoms with Crippen molar-refractivity contribution in [2.24, 2.45) is 5.92 Å². The molecule has 1 aromatic rings. The second-order valence-electron chi connectivity index (χ2n) is 4.31. The van der Waals surface area contributed by atoms with Gasteiger partial charge in [-0.05, 0) is 13.0 Å². The Bertz CT molecular complexity index is 397. The number of benzene rings is 1. The van der Waals surface area contributed by atoms with Crippen LogP contribution in [0.5, 0.6) is 5.75 Å². The molecule has 0 amide bonds. The lowest BCUT2D eigenvalue weighted by molar-refractivity contribution is -0.123. The summed E-state index contributed by atoms with van der Waals surface area (Å²) in [7, 11) is 1.64. The second-order valence-corrected chi connectivity index (χ2v) is 4.31. The molecule has 3 nitrogen and oxygen atoms in total. The molecule has 0 unspecified atom stereocenters. The monoisotopic (exact) mass is 219 g/mol. The van der Waals surface area contributed by atoms with Crippen molar-refractivity contribution in [3.8, 4) is 5.75 Å². The van der Waals surface area contributed by atoms with E-state index in [1.165, 1.54) is 0 Å². The third-order valence-corrected chi connectivity index (χ3v) is 3.04. The van der Waals surface area contributed by atoms with Crippen molar-refractivity contribution in [2.75, 3.05) is 20.2 Å². The third kappa shape index (κ3) is 2.25. The number of hydrogen-bond acceptors (Lipinski definition) is 3. The fourth-order valence-electron chi connectivity index (χ4n) is 1.89. The third-order valence-electron chi connectivity index (χ3n) is 3.04. The Labute approximate surface area is 95.8 Å². The van der Waals surface area contributed by atoms with Crippen LogP contribution in [0.4, 0.5) is 0 Å². The number of ether oxygens (including phenoxy) is 1. The number of rotatable bonds is 4. The Hall–Kier alpha value is -1.35. The van der Waals surface area contributed by atoms with Crippen LogP contribution in [-0.4, -0.2) is 26.0 Å². The summed E-state index contributed by atoms with van der Waals surface area (Å²) in [6.45, 7) is 3.68. The predicted molar refractivity (Wildman–Crippen MR) is 62.8 cm³/mol. The molecule has 1 aromatic carbocycles. The summed E-state index contributed by atoms with van der Waals surface area (Å²) in [5.41, 5.74) is 2.16. The minimum absolute atomic E-state index is 0.199. The van der Waals surface area contributed by atoms with E-state index in [2.05, 4.69) is 5.32 Å². The van der Waals surface area contributed by atoms with Crippen molar-refractivity contribution in [3.05, 3.63) is 29.3 Å². The molecule has 0 bridgehead atoms. The smallest absolute Gasteiger partial charge is 0.143 e. The molecule has 1 aliphatic rings. The summed E-state index contributed by atoms with van der Waals surface area (Å²) in [5, 5.41) is 3.12. The van der Waals surface area contributed by atoms with E-state index in [0.717, 1.165) is 30.0 Å². The molecule has 0 radical (unpaired) electrons. The summed E-state index contributed by atoms with van der Waals surface area (Å²) in [4.78, 5) is 11.9. The summed E-state index contributed by atoms with van der Waals surface area (Å²) >= 11 is 0. The van der Waals surface area contributed by atoms with E-state index in [-0.39, 0.29) is 5.92 Å². The fraction of sp³-hybridized carbons (Fsp3) is 0.462. The van der Waals surface area contributed by atoms with Gasteiger partial charge in [0.05, 0.1) is 7.11 Å². The molecule has 2 rings (SSSR count). The van der Waals surface area contributed by atoms with Crippen molar-refractivity contribution >= 4 is 5.78 Å². The molecule has 1 aliphatic heterocycles. The molecule has 1 fully saturated rings. The molecule has 3 heteroatoms. The molecule has 0 aliphatic carbocycles. The topological polar surface area (TPSA) is 38.3 Å². The Balaban J connectivity index is 2.12. The van der Waals surface area contributed by atoms with E-state index in [1.54, 1.807) is 7.11 Å². The summed E-state index contributed by atoms with van der Waals surface area (Å²) in [6.07, 6.45) is 0.483. The number of ketones is 1. The molecular formula is C13H17NO2. The van der Waals surface area contributed by atoms with Gasteiger partial charge in [0.1, 0.15) is 11.5 Å². The van der Waals surface area contributed by atoms with Crippen LogP contribution < -0.4 is 10.1 Å². The first kappa shape index (κ1) is 11.1. The van der Waals surface area contributed by atoms with Gasteiger partial charge in [0.15, 0.2) is 0 Å². The fourth-order valence-corrected chi connectivity index (χ4v) is 1.89. The van der Waals surface area contributed by atoms with Crippen molar-refractivity contribution in [2.45, 2.75) is 13.3 Å². The van der Waals surface area contributed by atoms with Gasteiger partial charge < -0.3 is 10.1 Å². The number of methoxy groups -OCH3 is 1. The standard InChI is InChI=1S/C13H17NO2/c1-9-3-4-13(16-2)10(5-9)6-12(15)11-7-14-8-11/h3-5,11,14H,6-8H2,1-2H3. The first-order chi connectivity index (χ1) is 7.70. The summed E-state index contributed by atoms with van der Waals surface area (Å²) in [5.74, 6) is 1.32. The minimum atomic E-state index is 0.199. The molecule has 0 saturated carbocycles.